The Labute approximate surface area is 194 Å². The van der Waals surface area contributed by atoms with Crippen LogP contribution in [-0.4, -0.2) is 24.4 Å². The van der Waals surface area contributed by atoms with Crippen LogP contribution in [0.2, 0.25) is 0 Å². The average Bonchev–Trinajstić information content (AvgIpc) is 3.47. The summed E-state index contributed by atoms with van der Waals surface area (Å²) in [5.74, 6) is 5.35. The smallest absolute Gasteiger partial charge is 0.0598 e. The fourth-order valence-electron chi connectivity index (χ4n) is 6.76. The van der Waals surface area contributed by atoms with Gasteiger partial charge in [0.2, 0.25) is 0 Å². The van der Waals surface area contributed by atoms with Crippen LogP contribution in [0.4, 0.5) is 0 Å². The van der Waals surface area contributed by atoms with Gasteiger partial charge in [-0.3, -0.25) is 0 Å². The molecule has 0 radical (unpaired) electrons. The van der Waals surface area contributed by atoms with Crippen molar-refractivity contribution in [2.75, 3.05) is 13.2 Å². The van der Waals surface area contributed by atoms with Gasteiger partial charge in [-0.05, 0) is 140 Å². The number of thiophene rings is 1. The Morgan fingerprint density at radius 3 is 1.32 bits per heavy atom. The van der Waals surface area contributed by atoms with Crippen molar-refractivity contribution < 1.29 is 9.47 Å². The normalized spacial score (nSPS) is 34.9. The third kappa shape index (κ3) is 4.94. The largest absolute Gasteiger partial charge is 0.376 e. The van der Waals surface area contributed by atoms with E-state index in [0.717, 1.165) is 48.7 Å². The van der Waals surface area contributed by atoms with Gasteiger partial charge in [-0.2, -0.15) is 0 Å². The first kappa shape index (κ1) is 22.4. The standard InChI is InChI=1S/C28H44O2S/c1-27(2,3)29-15-23-17-7-9-21-22-10-8-18-20(24(18)16-30-28(4,5)6)12-14-26(22)31-25(21)13-11-19(17)23/h17-20,23-24H,7-16H2,1-6H3/t17-,18+,19+,20-,23+,24-. The van der Waals surface area contributed by atoms with Crippen LogP contribution >= 0.6 is 11.3 Å². The highest BCUT2D eigenvalue weighted by Gasteiger charge is 2.51. The molecule has 2 saturated carbocycles. The molecule has 0 aliphatic heterocycles. The molecule has 4 aliphatic rings. The number of ether oxygens (including phenoxy) is 2. The minimum atomic E-state index is 0.00273. The van der Waals surface area contributed by atoms with Gasteiger partial charge in [0.25, 0.3) is 0 Å². The fourth-order valence-corrected chi connectivity index (χ4v) is 8.19. The van der Waals surface area contributed by atoms with Crippen LogP contribution in [0.25, 0.3) is 0 Å². The minimum Gasteiger partial charge on any atom is -0.376 e. The van der Waals surface area contributed by atoms with E-state index in [4.69, 9.17) is 9.47 Å². The minimum absolute atomic E-state index is 0.00273. The lowest BCUT2D eigenvalue weighted by atomic mass is 9.91. The lowest BCUT2D eigenvalue weighted by molar-refractivity contribution is -0.0126. The van der Waals surface area contributed by atoms with Crippen molar-refractivity contribution in [3.63, 3.8) is 0 Å². The summed E-state index contributed by atoms with van der Waals surface area (Å²) >= 11 is 2.20. The molecule has 0 amide bonds. The Bertz CT molecular complexity index is 731. The Morgan fingerprint density at radius 1 is 0.613 bits per heavy atom. The van der Waals surface area contributed by atoms with Crippen LogP contribution in [0.5, 0.6) is 0 Å². The van der Waals surface area contributed by atoms with Crippen molar-refractivity contribution in [3.05, 3.63) is 20.9 Å². The topological polar surface area (TPSA) is 18.5 Å². The van der Waals surface area contributed by atoms with Crippen molar-refractivity contribution in [2.45, 2.75) is 104 Å². The summed E-state index contributed by atoms with van der Waals surface area (Å²) in [5, 5.41) is 0. The van der Waals surface area contributed by atoms with Gasteiger partial charge in [0.1, 0.15) is 0 Å². The van der Waals surface area contributed by atoms with E-state index in [1.807, 2.05) is 0 Å². The monoisotopic (exact) mass is 444 g/mol. The molecule has 5 rings (SSSR count). The van der Waals surface area contributed by atoms with E-state index in [1.54, 1.807) is 20.9 Å². The van der Waals surface area contributed by atoms with E-state index in [2.05, 4.69) is 52.9 Å². The van der Waals surface area contributed by atoms with E-state index < -0.39 is 0 Å². The Morgan fingerprint density at radius 2 is 0.968 bits per heavy atom. The summed E-state index contributed by atoms with van der Waals surface area (Å²) in [5.41, 5.74) is 3.59. The third-order valence-electron chi connectivity index (χ3n) is 8.58. The van der Waals surface area contributed by atoms with E-state index in [1.165, 1.54) is 51.4 Å². The van der Waals surface area contributed by atoms with Crippen LogP contribution in [-0.2, 0) is 35.2 Å². The second kappa shape index (κ2) is 8.13. The maximum absolute atomic E-state index is 6.17. The molecule has 0 bridgehead atoms. The molecule has 174 valence electrons. The van der Waals surface area contributed by atoms with Gasteiger partial charge >= 0.3 is 0 Å². The van der Waals surface area contributed by atoms with Crippen LogP contribution in [0.3, 0.4) is 0 Å². The molecule has 4 aliphatic carbocycles. The number of fused-ring (bicyclic) bond motifs is 5. The lowest BCUT2D eigenvalue weighted by Gasteiger charge is -2.19. The summed E-state index contributed by atoms with van der Waals surface area (Å²) in [6.45, 7) is 15.1. The first-order chi connectivity index (χ1) is 14.6. The first-order valence-electron chi connectivity index (χ1n) is 13.0. The molecule has 2 fully saturated rings. The maximum Gasteiger partial charge on any atom is 0.0598 e. The molecular weight excluding hydrogens is 400 g/mol. The van der Waals surface area contributed by atoms with E-state index in [-0.39, 0.29) is 11.2 Å². The molecule has 1 aromatic rings. The Balaban J connectivity index is 1.20. The van der Waals surface area contributed by atoms with Gasteiger partial charge in [0, 0.05) is 9.75 Å². The third-order valence-corrected chi connectivity index (χ3v) is 9.98. The number of hydrogen-bond donors (Lipinski definition) is 0. The number of aryl methyl sites for hydroxylation is 2. The zero-order valence-corrected chi connectivity index (χ0v) is 21.6. The van der Waals surface area contributed by atoms with Gasteiger partial charge in [-0.25, -0.2) is 0 Å². The first-order valence-corrected chi connectivity index (χ1v) is 13.8. The van der Waals surface area contributed by atoms with Gasteiger partial charge in [-0.15, -0.1) is 11.3 Å². The zero-order chi connectivity index (χ0) is 22.0. The van der Waals surface area contributed by atoms with Gasteiger partial charge in [-0.1, -0.05) is 0 Å². The Hall–Kier alpha value is -0.380. The van der Waals surface area contributed by atoms with Crippen LogP contribution in [0.1, 0.15) is 88.1 Å². The molecule has 0 spiro atoms. The van der Waals surface area contributed by atoms with Crippen molar-refractivity contribution in [1.29, 1.82) is 0 Å². The molecular formula is C28H44O2S. The quantitative estimate of drug-likeness (QED) is 0.505. The summed E-state index contributed by atoms with van der Waals surface area (Å²) in [4.78, 5) is 3.52. The molecule has 0 saturated heterocycles. The molecule has 1 heterocycles. The van der Waals surface area contributed by atoms with Gasteiger partial charge in [0.05, 0.1) is 24.4 Å². The summed E-state index contributed by atoms with van der Waals surface area (Å²) in [7, 11) is 0. The number of rotatable bonds is 4. The Kier molecular flexibility index (Phi) is 5.88. The second-order valence-electron chi connectivity index (χ2n) is 12.9. The van der Waals surface area contributed by atoms with E-state index in [0.29, 0.717) is 0 Å². The fraction of sp³-hybridized carbons (Fsp3) is 0.857. The van der Waals surface area contributed by atoms with Crippen molar-refractivity contribution in [1.82, 2.24) is 0 Å². The second-order valence-corrected chi connectivity index (χ2v) is 14.1. The van der Waals surface area contributed by atoms with E-state index in [9.17, 15) is 0 Å². The summed E-state index contributed by atoms with van der Waals surface area (Å²) in [6, 6.07) is 0. The van der Waals surface area contributed by atoms with E-state index >= 15 is 0 Å². The van der Waals surface area contributed by atoms with Crippen LogP contribution in [0.15, 0.2) is 0 Å². The molecule has 0 N–H and O–H groups in total. The molecule has 6 atom stereocenters. The zero-order valence-electron chi connectivity index (χ0n) is 20.8. The lowest BCUT2D eigenvalue weighted by Crippen LogP contribution is -2.21. The highest BCUT2D eigenvalue weighted by Crippen LogP contribution is 2.56. The summed E-state index contributed by atoms with van der Waals surface area (Å²) in [6.07, 6.45) is 10.9. The predicted octanol–water partition coefficient (Wildman–Crippen LogP) is 6.86. The maximum atomic E-state index is 6.17. The molecule has 0 unspecified atom stereocenters. The highest BCUT2D eigenvalue weighted by atomic mass is 32.1. The van der Waals surface area contributed by atoms with Gasteiger partial charge < -0.3 is 9.47 Å². The van der Waals surface area contributed by atoms with Crippen molar-refractivity contribution in [2.24, 2.45) is 35.5 Å². The predicted molar refractivity (Wildman–Crippen MR) is 130 cm³/mol. The summed E-state index contributed by atoms with van der Waals surface area (Å²) < 4.78 is 12.3. The molecule has 31 heavy (non-hydrogen) atoms. The van der Waals surface area contributed by atoms with Crippen molar-refractivity contribution >= 4 is 11.3 Å². The molecule has 2 nitrogen and oxygen atoms in total. The number of hydrogen-bond acceptors (Lipinski definition) is 3. The average molecular weight is 445 g/mol. The SMILES string of the molecule is CC(C)(C)OC[C@H]1[C@@H]2CCc3c(sc4c3CC[C@H]3[C@@H](CC4)[C@@H]3COC(C)(C)C)CC[C@@H]21. The molecule has 1 aromatic heterocycles. The highest BCUT2D eigenvalue weighted by molar-refractivity contribution is 7.12. The van der Waals surface area contributed by atoms with Gasteiger partial charge in [0.15, 0.2) is 0 Å². The molecule has 3 heteroatoms. The van der Waals surface area contributed by atoms with Crippen molar-refractivity contribution in [3.8, 4) is 0 Å². The van der Waals surface area contributed by atoms with Crippen LogP contribution in [0, 0.1) is 35.5 Å². The molecule has 0 aromatic carbocycles. The van der Waals surface area contributed by atoms with Crippen LogP contribution < -0.4 is 0 Å².